The lowest BCUT2D eigenvalue weighted by Crippen LogP contribution is -2.63. The molecule has 3 heteroatoms. The Bertz CT molecular complexity index is 455. The second kappa shape index (κ2) is 4.38. The van der Waals surface area contributed by atoms with Gasteiger partial charge in [0.25, 0.3) is 0 Å². The molecule has 3 nitrogen and oxygen atoms in total. The van der Waals surface area contributed by atoms with Gasteiger partial charge in [0.15, 0.2) is 0 Å². The Labute approximate surface area is 108 Å². The summed E-state index contributed by atoms with van der Waals surface area (Å²) in [6, 6.07) is 12.5. The van der Waals surface area contributed by atoms with E-state index in [1.54, 1.807) is 0 Å². The molecule has 0 spiro atoms. The Balaban J connectivity index is 1.71. The highest BCUT2D eigenvalue weighted by Gasteiger charge is 2.53. The average Bonchev–Trinajstić information content (AvgIpc) is 3.18. The van der Waals surface area contributed by atoms with Crippen LogP contribution in [-0.2, 0) is 0 Å². The van der Waals surface area contributed by atoms with Crippen molar-refractivity contribution in [3.63, 3.8) is 0 Å². The molecular weight excluding hydrogens is 224 g/mol. The van der Waals surface area contributed by atoms with Crippen molar-refractivity contribution in [1.29, 1.82) is 5.26 Å². The van der Waals surface area contributed by atoms with E-state index in [4.69, 9.17) is 5.26 Å². The Morgan fingerprint density at radius 3 is 2.56 bits per heavy atom. The van der Waals surface area contributed by atoms with Gasteiger partial charge in [-0.05, 0) is 24.3 Å². The van der Waals surface area contributed by atoms with Crippen LogP contribution in [0, 0.1) is 17.2 Å². The van der Waals surface area contributed by atoms with Gasteiger partial charge in [-0.25, -0.2) is 0 Å². The third-order valence-electron chi connectivity index (χ3n) is 4.20. The van der Waals surface area contributed by atoms with Crippen molar-refractivity contribution in [2.24, 2.45) is 5.92 Å². The number of aliphatic hydroxyl groups is 1. The van der Waals surface area contributed by atoms with Gasteiger partial charge in [0.1, 0.15) is 0 Å². The minimum absolute atomic E-state index is 0.134. The lowest BCUT2D eigenvalue weighted by Gasteiger charge is -2.50. The monoisotopic (exact) mass is 242 g/mol. The second-order valence-electron chi connectivity index (χ2n) is 5.57. The molecule has 94 valence electrons. The SMILES string of the molecule is N#CCC(c1ccccc1)N1CC(O)(C2CC2)C1. The third-order valence-corrected chi connectivity index (χ3v) is 4.20. The Morgan fingerprint density at radius 1 is 1.33 bits per heavy atom. The maximum atomic E-state index is 10.4. The summed E-state index contributed by atoms with van der Waals surface area (Å²) in [6.45, 7) is 1.44. The molecule has 2 fully saturated rings. The van der Waals surface area contributed by atoms with E-state index >= 15 is 0 Å². The smallest absolute Gasteiger partial charge is 0.0928 e. The lowest BCUT2D eigenvalue weighted by atomic mass is 9.85. The van der Waals surface area contributed by atoms with Gasteiger partial charge >= 0.3 is 0 Å². The van der Waals surface area contributed by atoms with Gasteiger partial charge in [0, 0.05) is 19.1 Å². The third kappa shape index (κ3) is 2.03. The van der Waals surface area contributed by atoms with E-state index in [-0.39, 0.29) is 6.04 Å². The Morgan fingerprint density at radius 2 is 2.00 bits per heavy atom. The molecule has 1 heterocycles. The minimum Gasteiger partial charge on any atom is -0.387 e. The molecule has 1 unspecified atom stereocenters. The predicted molar refractivity (Wildman–Crippen MR) is 68.7 cm³/mol. The van der Waals surface area contributed by atoms with E-state index in [1.807, 2.05) is 18.2 Å². The van der Waals surface area contributed by atoms with Crippen LogP contribution in [0.15, 0.2) is 30.3 Å². The van der Waals surface area contributed by atoms with Gasteiger partial charge in [0.2, 0.25) is 0 Å². The van der Waals surface area contributed by atoms with Gasteiger partial charge in [-0.3, -0.25) is 4.90 Å². The first-order chi connectivity index (χ1) is 8.73. The maximum Gasteiger partial charge on any atom is 0.0928 e. The average molecular weight is 242 g/mol. The van der Waals surface area contributed by atoms with E-state index in [2.05, 4.69) is 23.1 Å². The molecule has 0 amide bonds. The Hall–Kier alpha value is -1.37. The summed E-state index contributed by atoms with van der Waals surface area (Å²) in [5, 5.41) is 19.3. The topological polar surface area (TPSA) is 47.3 Å². The summed E-state index contributed by atoms with van der Waals surface area (Å²) in [7, 11) is 0. The highest BCUT2D eigenvalue weighted by molar-refractivity contribution is 5.22. The summed E-state index contributed by atoms with van der Waals surface area (Å²) in [6.07, 6.45) is 2.82. The number of hydrogen-bond donors (Lipinski definition) is 1. The van der Waals surface area contributed by atoms with Crippen LogP contribution in [0.25, 0.3) is 0 Å². The summed E-state index contributed by atoms with van der Waals surface area (Å²) in [4.78, 5) is 2.23. The van der Waals surface area contributed by atoms with E-state index in [1.165, 1.54) is 18.4 Å². The van der Waals surface area contributed by atoms with E-state index in [9.17, 15) is 5.11 Å². The summed E-state index contributed by atoms with van der Waals surface area (Å²) in [5.74, 6) is 0.507. The molecule has 1 saturated heterocycles. The zero-order valence-corrected chi connectivity index (χ0v) is 10.4. The predicted octanol–water partition coefficient (Wildman–Crippen LogP) is 2.10. The lowest BCUT2D eigenvalue weighted by molar-refractivity contribution is -0.129. The molecule has 0 radical (unpaired) electrons. The van der Waals surface area contributed by atoms with Gasteiger partial charge < -0.3 is 5.11 Å². The van der Waals surface area contributed by atoms with Gasteiger partial charge in [0.05, 0.1) is 18.1 Å². The summed E-state index contributed by atoms with van der Waals surface area (Å²) < 4.78 is 0. The Kier molecular flexibility index (Phi) is 2.85. The van der Waals surface area contributed by atoms with Gasteiger partial charge in [-0.15, -0.1) is 0 Å². The van der Waals surface area contributed by atoms with Crippen LogP contribution in [0.1, 0.15) is 30.9 Å². The highest BCUT2D eigenvalue weighted by atomic mass is 16.3. The number of likely N-dealkylation sites (tertiary alicyclic amines) is 1. The molecule has 1 aromatic rings. The second-order valence-corrected chi connectivity index (χ2v) is 5.57. The number of hydrogen-bond acceptors (Lipinski definition) is 3. The van der Waals surface area contributed by atoms with Crippen molar-refractivity contribution in [3.05, 3.63) is 35.9 Å². The van der Waals surface area contributed by atoms with Gasteiger partial charge in [-0.2, -0.15) is 5.26 Å². The van der Waals surface area contributed by atoms with Crippen molar-refractivity contribution in [2.75, 3.05) is 13.1 Å². The normalized spacial score (nSPS) is 24.0. The fourth-order valence-electron chi connectivity index (χ4n) is 2.98. The molecular formula is C15H18N2O. The van der Waals surface area contributed by atoms with Crippen LogP contribution in [0.3, 0.4) is 0 Å². The number of nitriles is 1. The van der Waals surface area contributed by atoms with E-state index in [0.29, 0.717) is 12.3 Å². The number of β-amino-alcohol motifs (C(OH)–C–C–N with tert-alkyl or cyclic N) is 1. The first-order valence-corrected chi connectivity index (χ1v) is 6.61. The van der Waals surface area contributed by atoms with Crippen LogP contribution in [0.5, 0.6) is 0 Å². The maximum absolute atomic E-state index is 10.4. The van der Waals surface area contributed by atoms with Crippen LogP contribution in [0.4, 0.5) is 0 Å². The molecule has 0 bridgehead atoms. The van der Waals surface area contributed by atoms with Crippen LogP contribution >= 0.6 is 0 Å². The first-order valence-electron chi connectivity index (χ1n) is 6.61. The molecule has 1 N–H and O–H groups in total. The van der Waals surface area contributed by atoms with E-state index in [0.717, 1.165) is 13.1 Å². The zero-order valence-electron chi connectivity index (χ0n) is 10.4. The summed E-state index contributed by atoms with van der Waals surface area (Å²) >= 11 is 0. The molecule has 1 aliphatic heterocycles. The molecule has 1 aliphatic carbocycles. The standard InChI is InChI=1S/C15H18N2O/c16-9-8-14(12-4-2-1-3-5-12)17-10-15(18,11-17)13-6-7-13/h1-5,13-14,18H,6-8,10-11H2. The highest BCUT2D eigenvalue weighted by Crippen LogP contribution is 2.47. The van der Waals surface area contributed by atoms with Crippen molar-refractivity contribution >= 4 is 0 Å². The molecule has 0 aromatic heterocycles. The fourth-order valence-corrected chi connectivity index (χ4v) is 2.98. The largest absolute Gasteiger partial charge is 0.387 e. The number of benzene rings is 1. The van der Waals surface area contributed by atoms with Crippen LogP contribution < -0.4 is 0 Å². The fraction of sp³-hybridized carbons (Fsp3) is 0.533. The molecule has 3 rings (SSSR count). The van der Waals surface area contributed by atoms with Gasteiger partial charge in [-0.1, -0.05) is 30.3 Å². The minimum atomic E-state index is -0.470. The molecule has 2 aliphatic rings. The van der Waals surface area contributed by atoms with E-state index < -0.39 is 5.60 Å². The summed E-state index contributed by atoms with van der Waals surface area (Å²) in [5.41, 5.74) is 0.708. The van der Waals surface area contributed by atoms with Crippen LogP contribution in [0.2, 0.25) is 0 Å². The first kappa shape index (κ1) is 11.7. The number of rotatable bonds is 4. The quantitative estimate of drug-likeness (QED) is 0.879. The molecule has 1 saturated carbocycles. The van der Waals surface area contributed by atoms with Crippen molar-refractivity contribution in [1.82, 2.24) is 4.90 Å². The molecule has 1 aromatic carbocycles. The van der Waals surface area contributed by atoms with Crippen molar-refractivity contribution in [3.8, 4) is 6.07 Å². The van der Waals surface area contributed by atoms with Crippen LogP contribution in [-0.4, -0.2) is 28.7 Å². The van der Waals surface area contributed by atoms with Crippen molar-refractivity contribution in [2.45, 2.75) is 30.9 Å². The van der Waals surface area contributed by atoms with Crippen molar-refractivity contribution < 1.29 is 5.11 Å². The zero-order chi connectivity index (χ0) is 12.6. The molecule has 1 atom stereocenters. The number of nitrogens with zero attached hydrogens (tertiary/aromatic N) is 2. The molecule has 18 heavy (non-hydrogen) atoms.